The van der Waals surface area contributed by atoms with Crippen molar-refractivity contribution in [1.29, 1.82) is 0 Å². The fourth-order valence-electron chi connectivity index (χ4n) is 1.89. The van der Waals surface area contributed by atoms with E-state index in [0.717, 1.165) is 6.07 Å². The van der Waals surface area contributed by atoms with E-state index in [0.29, 0.717) is 0 Å². The Hall–Kier alpha value is -2.51. The quantitative estimate of drug-likeness (QED) is 0.911. The Morgan fingerprint density at radius 1 is 1.38 bits per heavy atom. The number of aryl methyl sites for hydroxylation is 1. The van der Waals surface area contributed by atoms with E-state index in [2.05, 4.69) is 10.4 Å². The maximum Gasteiger partial charge on any atom is 0.418 e. The molecule has 0 aliphatic heterocycles. The van der Waals surface area contributed by atoms with E-state index in [1.54, 1.807) is 7.05 Å². The number of nitrogens with zero attached hydrogens (tertiary/aromatic N) is 2. The Balaban J connectivity index is 2.37. The number of aliphatic carboxylic acids is 1. The van der Waals surface area contributed by atoms with Crippen LogP contribution in [0.3, 0.4) is 0 Å². The molecule has 1 heterocycles. The van der Waals surface area contributed by atoms with Crippen molar-refractivity contribution in [3.63, 3.8) is 0 Å². The molecule has 0 aliphatic rings. The first-order chi connectivity index (χ1) is 9.79. The normalized spacial score (nSPS) is 13.0. The number of nitrogens with one attached hydrogen (secondary N) is 1. The van der Waals surface area contributed by atoms with E-state index in [1.165, 1.54) is 35.3 Å². The summed E-state index contributed by atoms with van der Waals surface area (Å²) in [6.07, 6.45) is -1.84. The maximum absolute atomic E-state index is 12.9. The first-order valence-electron chi connectivity index (χ1n) is 5.93. The lowest BCUT2D eigenvalue weighted by Crippen LogP contribution is -2.22. The molecule has 8 heteroatoms. The van der Waals surface area contributed by atoms with Gasteiger partial charge in [0.25, 0.3) is 0 Å². The highest BCUT2D eigenvalue weighted by molar-refractivity contribution is 5.79. The number of rotatable bonds is 4. The maximum atomic E-state index is 12.9. The highest BCUT2D eigenvalue weighted by Crippen LogP contribution is 2.36. The van der Waals surface area contributed by atoms with Gasteiger partial charge in [-0.05, 0) is 12.1 Å². The van der Waals surface area contributed by atoms with Crippen LogP contribution in [0.25, 0.3) is 0 Å². The van der Waals surface area contributed by atoms with E-state index in [1.807, 2.05) is 0 Å². The summed E-state index contributed by atoms with van der Waals surface area (Å²) < 4.78 is 40.1. The van der Waals surface area contributed by atoms with Gasteiger partial charge in [-0.15, -0.1) is 0 Å². The lowest BCUT2D eigenvalue weighted by Gasteiger charge is -2.18. The zero-order valence-electron chi connectivity index (χ0n) is 10.9. The number of aromatic nitrogens is 2. The van der Waals surface area contributed by atoms with Gasteiger partial charge < -0.3 is 10.4 Å². The largest absolute Gasteiger partial charge is 0.479 e. The van der Waals surface area contributed by atoms with Crippen LogP contribution in [-0.4, -0.2) is 20.9 Å². The highest BCUT2D eigenvalue weighted by atomic mass is 19.4. The molecule has 1 aromatic heterocycles. The van der Waals surface area contributed by atoms with Gasteiger partial charge in [-0.2, -0.15) is 18.3 Å². The lowest BCUT2D eigenvalue weighted by molar-refractivity contribution is -0.139. The third kappa shape index (κ3) is 3.33. The molecular formula is C13H12F3N3O2. The van der Waals surface area contributed by atoms with Crippen molar-refractivity contribution < 1.29 is 23.1 Å². The molecule has 5 nitrogen and oxygen atoms in total. The molecule has 0 amide bonds. The average Bonchev–Trinajstić information content (AvgIpc) is 2.81. The molecule has 1 aromatic carbocycles. The van der Waals surface area contributed by atoms with Crippen molar-refractivity contribution in [3.8, 4) is 0 Å². The molecular weight excluding hydrogens is 287 g/mol. The molecule has 2 N–H and O–H groups in total. The van der Waals surface area contributed by atoms with Gasteiger partial charge in [0.15, 0.2) is 6.04 Å². The van der Waals surface area contributed by atoms with Crippen LogP contribution in [0.2, 0.25) is 0 Å². The summed E-state index contributed by atoms with van der Waals surface area (Å²) in [5.74, 6) is -1.29. The van der Waals surface area contributed by atoms with Crippen molar-refractivity contribution in [1.82, 2.24) is 9.78 Å². The van der Waals surface area contributed by atoms with Crippen molar-refractivity contribution in [2.45, 2.75) is 12.2 Å². The fraction of sp³-hybridized carbons (Fsp3) is 0.231. The van der Waals surface area contributed by atoms with Crippen LogP contribution >= 0.6 is 0 Å². The van der Waals surface area contributed by atoms with Gasteiger partial charge in [0.1, 0.15) is 0 Å². The van der Waals surface area contributed by atoms with Crippen molar-refractivity contribution in [2.24, 2.45) is 7.05 Å². The zero-order valence-corrected chi connectivity index (χ0v) is 10.9. The molecule has 0 aliphatic carbocycles. The van der Waals surface area contributed by atoms with Crippen LogP contribution in [0.4, 0.5) is 18.9 Å². The van der Waals surface area contributed by atoms with Gasteiger partial charge in [-0.1, -0.05) is 12.1 Å². The SMILES string of the molecule is Cn1cc(C(Nc2ccccc2C(F)(F)F)C(=O)O)cn1. The Labute approximate surface area is 118 Å². The Morgan fingerprint density at radius 3 is 2.57 bits per heavy atom. The number of carbonyl (C=O) groups is 1. The van der Waals surface area contributed by atoms with Crippen molar-refractivity contribution >= 4 is 11.7 Å². The molecule has 2 aromatic rings. The average molecular weight is 299 g/mol. The number of carboxylic acid groups (broad SMARTS) is 1. The second-order valence-corrected chi connectivity index (χ2v) is 4.41. The van der Waals surface area contributed by atoms with E-state index >= 15 is 0 Å². The van der Waals surface area contributed by atoms with Gasteiger partial charge in [0.05, 0.1) is 11.8 Å². The van der Waals surface area contributed by atoms with Crippen molar-refractivity contribution in [3.05, 3.63) is 47.8 Å². The lowest BCUT2D eigenvalue weighted by atomic mass is 10.1. The summed E-state index contributed by atoms with van der Waals surface area (Å²) in [5.41, 5.74) is -0.941. The second-order valence-electron chi connectivity index (χ2n) is 4.41. The summed E-state index contributed by atoms with van der Waals surface area (Å²) in [6.45, 7) is 0. The number of anilines is 1. The predicted molar refractivity (Wildman–Crippen MR) is 68.7 cm³/mol. The van der Waals surface area contributed by atoms with Crippen LogP contribution in [-0.2, 0) is 18.0 Å². The smallest absolute Gasteiger partial charge is 0.418 e. The van der Waals surface area contributed by atoms with Crippen LogP contribution in [0.5, 0.6) is 0 Å². The Bertz CT molecular complexity index is 652. The van der Waals surface area contributed by atoms with Gasteiger partial charge in [0, 0.05) is 24.5 Å². The van der Waals surface area contributed by atoms with Crippen molar-refractivity contribution in [2.75, 3.05) is 5.32 Å². The first kappa shape index (κ1) is 14.9. The summed E-state index contributed by atoms with van der Waals surface area (Å²) >= 11 is 0. The molecule has 21 heavy (non-hydrogen) atoms. The summed E-state index contributed by atoms with van der Waals surface area (Å²) in [5, 5.41) is 15.4. The van der Waals surface area contributed by atoms with E-state index in [9.17, 15) is 23.1 Å². The van der Waals surface area contributed by atoms with Crippen LogP contribution in [0.1, 0.15) is 17.2 Å². The topological polar surface area (TPSA) is 67.2 Å². The molecule has 0 saturated heterocycles. The van der Waals surface area contributed by atoms with Crippen LogP contribution in [0.15, 0.2) is 36.7 Å². The van der Waals surface area contributed by atoms with E-state index in [4.69, 9.17) is 0 Å². The zero-order chi connectivity index (χ0) is 15.6. The number of benzene rings is 1. The number of carboxylic acids is 1. The van der Waals surface area contributed by atoms with E-state index < -0.39 is 23.8 Å². The summed E-state index contributed by atoms with van der Waals surface area (Å²) in [4.78, 5) is 11.3. The molecule has 1 unspecified atom stereocenters. The van der Waals surface area contributed by atoms with Crippen LogP contribution < -0.4 is 5.32 Å². The molecule has 0 saturated carbocycles. The highest BCUT2D eigenvalue weighted by Gasteiger charge is 2.34. The number of hydrogen-bond acceptors (Lipinski definition) is 3. The Kier molecular flexibility index (Phi) is 3.88. The molecule has 0 fully saturated rings. The third-order valence-electron chi connectivity index (χ3n) is 2.84. The number of halogens is 3. The standard InChI is InChI=1S/C13H12F3N3O2/c1-19-7-8(6-17-19)11(12(20)21)18-10-5-3-2-4-9(10)13(14,15)16/h2-7,11,18H,1H3,(H,20,21). The molecule has 1 atom stereocenters. The minimum Gasteiger partial charge on any atom is -0.479 e. The minimum atomic E-state index is -4.57. The van der Waals surface area contributed by atoms with E-state index in [-0.39, 0.29) is 11.3 Å². The molecule has 112 valence electrons. The summed E-state index contributed by atoms with van der Waals surface area (Å²) in [6, 6.07) is 3.41. The number of para-hydroxylation sites is 1. The minimum absolute atomic E-state index is 0.266. The van der Waals surface area contributed by atoms with Gasteiger partial charge >= 0.3 is 12.1 Å². The molecule has 0 spiro atoms. The van der Waals surface area contributed by atoms with Gasteiger partial charge in [-0.25, -0.2) is 4.79 Å². The number of hydrogen-bond donors (Lipinski definition) is 2. The predicted octanol–water partition coefficient (Wildman–Crippen LogP) is 2.68. The van der Waals surface area contributed by atoms with Gasteiger partial charge in [0.2, 0.25) is 0 Å². The summed E-state index contributed by atoms with van der Waals surface area (Å²) in [7, 11) is 1.59. The first-order valence-corrected chi connectivity index (χ1v) is 5.93. The molecule has 0 bridgehead atoms. The van der Waals surface area contributed by atoms with Crippen LogP contribution in [0, 0.1) is 0 Å². The third-order valence-corrected chi connectivity index (χ3v) is 2.84. The monoisotopic (exact) mass is 299 g/mol. The molecule has 2 rings (SSSR count). The second kappa shape index (κ2) is 5.47. The van der Waals surface area contributed by atoms with Gasteiger partial charge in [-0.3, -0.25) is 4.68 Å². The molecule has 0 radical (unpaired) electrons. The number of alkyl halides is 3. The fourth-order valence-corrected chi connectivity index (χ4v) is 1.89. The Morgan fingerprint density at radius 2 is 2.05 bits per heavy atom.